The average Bonchev–Trinajstić information content (AvgIpc) is 2.43. The second-order valence-corrected chi connectivity index (χ2v) is 5.26. The smallest absolute Gasteiger partial charge is 0.146 e. The van der Waals surface area contributed by atoms with Gasteiger partial charge in [0.15, 0.2) is 0 Å². The predicted molar refractivity (Wildman–Crippen MR) is 84.3 cm³/mol. The lowest BCUT2D eigenvalue weighted by molar-refractivity contribution is 0.0845. The highest BCUT2D eigenvalue weighted by atomic mass is 19.1. The topological polar surface area (TPSA) is 33.7 Å². The van der Waals surface area contributed by atoms with Crippen LogP contribution in [0.15, 0.2) is 18.2 Å². The summed E-state index contributed by atoms with van der Waals surface area (Å²) < 4.78 is 24.7. The quantitative estimate of drug-likeness (QED) is 0.673. The van der Waals surface area contributed by atoms with Gasteiger partial charge in [0.05, 0.1) is 25.0 Å². The molecule has 4 nitrogen and oxygen atoms in total. The van der Waals surface area contributed by atoms with Crippen LogP contribution in [0.1, 0.15) is 19.4 Å². The third-order valence-corrected chi connectivity index (χ3v) is 3.13. The Morgan fingerprint density at radius 1 is 1.29 bits per heavy atom. The van der Waals surface area contributed by atoms with Gasteiger partial charge in [-0.25, -0.2) is 4.39 Å². The van der Waals surface area contributed by atoms with E-state index in [4.69, 9.17) is 9.47 Å². The van der Waals surface area contributed by atoms with E-state index >= 15 is 0 Å². The zero-order valence-corrected chi connectivity index (χ0v) is 13.5. The van der Waals surface area contributed by atoms with Crippen LogP contribution < -0.4 is 10.2 Å². The number of nitrogens with zero attached hydrogens (tertiary/aromatic N) is 1. The van der Waals surface area contributed by atoms with Gasteiger partial charge in [0.1, 0.15) is 5.82 Å². The van der Waals surface area contributed by atoms with Crippen molar-refractivity contribution in [3.05, 3.63) is 29.6 Å². The molecule has 0 spiro atoms. The Hall–Kier alpha value is -1.17. The molecule has 0 radical (unpaired) electrons. The van der Waals surface area contributed by atoms with E-state index < -0.39 is 0 Å². The molecule has 0 aliphatic carbocycles. The maximum Gasteiger partial charge on any atom is 0.146 e. The van der Waals surface area contributed by atoms with E-state index in [0.29, 0.717) is 32.0 Å². The first-order valence-electron chi connectivity index (χ1n) is 7.36. The van der Waals surface area contributed by atoms with Crippen LogP contribution in [0, 0.1) is 5.82 Å². The molecular formula is C16H27FN2O2. The summed E-state index contributed by atoms with van der Waals surface area (Å²) in [5, 5.41) is 3.25. The highest BCUT2D eigenvalue weighted by Gasteiger charge is 2.12. The first-order valence-corrected chi connectivity index (χ1v) is 7.36. The SMILES string of the molecule is COCCNCc1cccc(F)c1N(C)CCOC(C)C. The number of methoxy groups -OCH3 is 1. The lowest BCUT2D eigenvalue weighted by atomic mass is 10.1. The predicted octanol–water partition coefficient (Wildman–Crippen LogP) is 2.42. The number of nitrogens with one attached hydrogen (secondary N) is 1. The third kappa shape index (κ3) is 6.42. The molecule has 120 valence electrons. The van der Waals surface area contributed by atoms with Gasteiger partial charge in [-0.2, -0.15) is 0 Å². The average molecular weight is 298 g/mol. The van der Waals surface area contributed by atoms with Crippen molar-refractivity contribution in [2.24, 2.45) is 0 Å². The number of para-hydroxylation sites is 1. The molecule has 21 heavy (non-hydrogen) atoms. The van der Waals surface area contributed by atoms with Crippen molar-refractivity contribution < 1.29 is 13.9 Å². The van der Waals surface area contributed by atoms with Crippen molar-refractivity contribution in [3.63, 3.8) is 0 Å². The molecule has 5 heteroatoms. The summed E-state index contributed by atoms with van der Waals surface area (Å²) in [6.45, 7) is 7.23. The number of hydrogen-bond acceptors (Lipinski definition) is 4. The van der Waals surface area contributed by atoms with E-state index in [9.17, 15) is 4.39 Å². The molecule has 1 aromatic rings. The fourth-order valence-electron chi connectivity index (χ4n) is 2.06. The largest absolute Gasteiger partial charge is 0.383 e. The number of ether oxygens (including phenoxy) is 2. The minimum atomic E-state index is -0.201. The summed E-state index contributed by atoms with van der Waals surface area (Å²) in [4.78, 5) is 1.91. The number of likely N-dealkylation sites (N-methyl/N-ethyl adjacent to an activating group) is 1. The van der Waals surface area contributed by atoms with E-state index in [1.807, 2.05) is 31.9 Å². The highest BCUT2D eigenvalue weighted by Crippen LogP contribution is 2.23. The van der Waals surface area contributed by atoms with Gasteiger partial charge >= 0.3 is 0 Å². The Kier molecular flexibility index (Phi) is 8.27. The van der Waals surface area contributed by atoms with Crippen molar-refractivity contribution in [2.45, 2.75) is 26.5 Å². The molecule has 0 aliphatic rings. The summed E-state index contributed by atoms with van der Waals surface area (Å²) in [6, 6.07) is 5.18. The van der Waals surface area contributed by atoms with Crippen molar-refractivity contribution >= 4 is 5.69 Å². The van der Waals surface area contributed by atoms with Crippen molar-refractivity contribution in [1.82, 2.24) is 5.32 Å². The molecule has 1 aromatic carbocycles. The monoisotopic (exact) mass is 298 g/mol. The molecule has 0 bridgehead atoms. The normalized spacial score (nSPS) is 11.1. The van der Waals surface area contributed by atoms with E-state index in [1.165, 1.54) is 6.07 Å². The van der Waals surface area contributed by atoms with E-state index in [2.05, 4.69) is 5.32 Å². The minimum absolute atomic E-state index is 0.189. The highest BCUT2D eigenvalue weighted by molar-refractivity contribution is 5.54. The lowest BCUT2D eigenvalue weighted by Crippen LogP contribution is -2.27. The molecular weight excluding hydrogens is 271 g/mol. The first-order chi connectivity index (χ1) is 10.1. The van der Waals surface area contributed by atoms with Crippen molar-refractivity contribution in [2.75, 3.05) is 45.4 Å². The fraction of sp³-hybridized carbons (Fsp3) is 0.625. The Morgan fingerprint density at radius 3 is 2.71 bits per heavy atom. The molecule has 0 heterocycles. The van der Waals surface area contributed by atoms with Gasteiger partial charge in [0.2, 0.25) is 0 Å². The Bertz CT molecular complexity index is 413. The van der Waals surface area contributed by atoms with E-state index in [0.717, 1.165) is 12.1 Å². The van der Waals surface area contributed by atoms with Gasteiger partial charge in [-0.15, -0.1) is 0 Å². The number of hydrogen-bond donors (Lipinski definition) is 1. The maximum atomic E-state index is 14.1. The van der Waals surface area contributed by atoms with Crippen LogP contribution in [0.2, 0.25) is 0 Å². The standard InChI is InChI=1S/C16H27FN2O2/c1-13(2)21-11-9-19(3)16-14(6-5-7-15(16)17)12-18-8-10-20-4/h5-7,13,18H,8-12H2,1-4H3. The molecule has 0 aromatic heterocycles. The van der Waals surface area contributed by atoms with Gasteiger partial charge in [-0.1, -0.05) is 12.1 Å². The van der Waals surface area contributed by atoms with Crippen LogP contribution in [0.3, 0.4) is 0 Å². The summed E-state index contributed by atoms with van der Waals surface area (Å²) in [7, 11) is 3.55. The fourth-order valence-corrected chi connectivity index (χ4v) is 2.06. The molecule has 0 saturated heterocycles. The van der Waals surface area contributed by atoms with Crippen molar-refractivity contribution in [3.8, 4) is 0 Å². The van der Waals surface area contributed by atoms with Crippen LogP contribution in [0.4, 0.5) is 10.1 Å². The van der Waals surface area contributed by atoms with Crippen LogP contribution in [-0.4, -0.2) is 46.6 Å². The summed E-state index contributed by atoms with van der Waals surface area (Å²) in [5.74, 6) is -0.201. The number of anilines is 1. The molecule has 0 amide bonds. The summed E-state index contributed by atoms with van der Waals surface area (Å²) in [6.07, 6.45) is 0.189. The second-order valence-electron chi connectivity index (χ2n) is 5.26. The van der Waals surface area contributed by atoms with E-state index in [-0.39, 0.29) is 11.9 Å². The molecule has 0 saturated carbocycles. The maximum absolute atomic E-state index is 14.1. The molecule has 0 aliphatic heterocycles. The zero-order chi connectivity index (χ0) is 15.7. The Morgan fingerprint density at radius 2 is 2.05 bits per heavy atom. The third-order valence-electron chi connectivity index (χ3n) is 3.13. The number of rotatable bonds is 10. The zero-order valence-electron chi connectivity index (χ0n) is 13.5. The molecule has 0 unspecified atom stereocenters. The van der Waals surface area contributed by atoms with Crippen LogP contribution >= 0.6 is 0 Å². The van der Waals surface area contributed by atoms with Gasteiger partial charge in [-0.05, 0) is 25.5 Å². The molecule has 1 rings (SSSR count). The van der Waals surface area contributed by atoms with Gasteiger partial charge in [-0.3, -0.25) is 0 Å². The van der Waals surface area contributed by atoms with Crippen LogP contribution in [-0.2, 0) is 16.0 Å². The summed E-state index contributed by atoms with van der Waals surface area (Å²) >= 11 is 0. The summed E-state index contributed by atoms with van der Waals surface area (Å²) in [5.41, 5.74) is 1.58. The van der Waals surface area contributed by atoms with E-state index in [1.54, 1.807) is 13.2 Å². The number of halogens is 1. The molecule has 0 atom stereocenters. The Labute approximate surface area is 127 Å². The first kappa shape index (κ1) is 17.9. The van der Waals surface area contributed by atoms with Crippen molar-refractivity contribution in [1.29, 1.82) is 0 Å². The van der Waals surface area contributed by atoms with Gasteiger partial charge < -0.3 is 19.7 Å². The Balaban J connectivity index is 2.65. The molecule has 0 fully saturated rings. The van der Waals surface area contributed by atoms with Gasteiger partial charge in [0.25, 0.3) is 0 Å². The second kappa shape index (κ2) is 9.71. The lowest BCUT2D eigenvalue weighted by Gasteiger charge is -2.23. The van der Waals surface area contributed by atoms with Crippen LogP contribution in [0.25, 0.3) is 0 Å². The number of benzene rings is 1. The minimum Gasteiger partial charge on any atom is -0.383 e. The molecule has 1 N–H and O–H groups in total. The van der Waals surface area contributed by atoms with Crippen LogP contribution in [0.5, 0.6) is 0 Å². The van der Waals surface area contributed by atoms with Gasteiger partial charge in [0, 0.05) is 33.8 Å².